The third-order valence-electron chi connectivity index (χ3n) is 6.00. The lowest BCUT2D eigenvalue weighted by Gasteiger charge is -2.39. The number of amides is 1. The second-order valence-electron chi connectivity index (χ2n) is 8.30. The van der Waals surface area contributed by atoms with Crippen LogP contribution in [-0.2, 0) is 6.18 Å². The average Bonchev–Trinajstić information content (AvgIpc) is 3.50. The monoisotopic (exact) mass is 476 g/mol. The van der Waals surface area contributed by atoms with E-state index < -0.39 is 17.6 Å². The molecule has 1 saturated heterocycles. The summed E-state index contributed by atoms with van der Waals surface area (Å²) in [6, 6.07) is 0.489. The fraction of sp³-hybridized carbons (Fsp3) is 0.429. The molecule has 13 heteroatoms. The zero-order valence-corrected chi connectivity index (χ0v) is 17.9. The molecule has 3 aromatic heterocycles. The van der Waals surface area contributed by atoms with Crippen molar-refractivity contribution >= 4 is 11.7 Å². The number of hydrogen-bond donors (Lipinski definition) is 0. The van der Waals surface area contributed by atoms with E-state index >= 15 is 0 Å². The van der Waals surface area contributed by atoms with Crippen LogP contribution in [0.1, 0.15) is 41.7 Å². The molecule has 0 aromatic carbocycles. The SMILES string of the molecule is O=C(c1cnc(-n2ccnn2)cn1)N(C1CC1)C1CCN(c2ncc(C(F)(F)F)cc2F)CC1. The average molecular weight is 476 g/mol. The van der Waals surface area contributed by atoms with Crippen molar-refractivity contribution in [3.05, 3.63) is 54.1 Å². The molecule has 2 aliphatic rings. The molecule has 0 unspecified atom stereocenters. The van der Waals surface area contributed by atoms with Gasteiger partial charge in [0, 0.05) is 31.4 Å². The van der Waals surface area contributed by atoms with Crippen LogP contribution >= 0.6 is 0 Å². The number of pyridine rings is 1. The van der Waals surface area contributed by atoms with Gasteiger partial charge in [-0.15, -0.1) is 5.10 Å². The van der Waals surface area contributed by atoms with Crippen molar-refractivity contribution in [3.63, 3.8) is 0 Å². The Hall–Kier alpha value is -3.64. The van der Waals surface area contributed by atoms with Gasteiger partial charge in [0.1, 0.15) is 5.69 Å². The van der Waals surface area contributed by atoms with Crippen molar-refractivity contribution in [2.45, 2.75) is 43.9 Å². The first-order chi connectivity index (χ1) is 16.3. The third kappa shape index (κ3) is 4.41. The van der Waals surface area contributed by atoms with E-state index in [1.165, 1.54) is 23.3 Å². The molecule has 1 amide bonds. The van der Waals surface area contributed by atoms with Crippen molar-refractivity contribution in [1.29, 1.82) is 0 Å². The molecule has 4 heterocycles. The van der Waals surface area contributed by atoms with Gasteiger partial charge in [0.15, 0.2) is 17.5 Å². The maximum Gasteiger partial charge on any atom is 0.417 e. The topological polar surface area (TPSA) is 92.9 Å². The number of carbonyl (C=O) groups excluding carboxylic acids is 1. The zero-order valence-electron chi connectivity index (χ0n) is 17.9. The normalized spacial score (nSPS) is 17.1. The Balaban J connectivity index is 1.27. The van der Waals surface area contributed by atoms with Crippen LogP contribution in [0.15, 0.2) is 37.1 Å². The van der Waals surface area contributed by atoms with Crippen molar-refractivity contribution in [1.82, 2.24) is 34.8 Å². The summed E-state index contributed by atoms with van der Waals surface area (Å²) in [4.78, 5) is 28.9. The first-order valence-corrected chi connectivity index (χ1v) is 10.8. The van der Waals surface area contributed by atoms with E-state index in [-0.39, 0.29) is 29.5 Å². The Morgan fingerprint density at radius 1 is 1.00 bits per heavy atom. The maximum absolute atomic E-state index is 14.3. The van der Waals surface area contributed by atoms with E-state index in [9.17, 15) is 22.4 Å². The lowest BCUT2D eigenvalue weighted by molar-refractivity contribution is -0.138. The highest BCUT2D eigenvalue weighted by atomic mass is 19.4. The summed E-state index contributed by atoms with van der Waals surface area (Å²) in [5.41, 5.74) is -0.904. The Labute approximate surface area is 191 Å². The third-order valence-corrected chi connectivity index (χ3v) is 6.00. The number of piperidine rings is 1. The van der Waals surface area contributed by atoms with Gasteiger partial charge in [0.2, 0.25) is 0 Å². The smallest absolute Gasteiger partial charge is 0.354 e. The predicted octanol–water partition coefficient (Wildman–Crippen LogP) is 2.88. The van der Waals surface area contributed by atoms with Crippen molar-refractivity contribution < 1.29 is 22.4 Å². The summed E-state index contributed by atoms with van der Waals surface area (Å²) >= 11 is 0. The fourth-order valence-electron chi connectivity index (χ4n) is 4.17. The van der Waals surface area contributed by atoms with Crippen LogP contribution < -0.4 is 4.90 Å². The largest absolute Gasteiger partial charge is 0.417 e. The number of aromatic nitrogens is 6. The first-order valence-electron chi connectivity index (χ1n) is 10.8. The number of alkyl halides is 3. The van der Waals surface area contributed by atoms with Crippen LogP contribution in [-0.4, -0.2) is 65.9 Å². The predicted molar refractivity (Wildman–Crippen MR) is 111 cm³/mol. The highest BCUT2D eigenvalue weighted by molar-refractivity contribution is 5.92. The lowest BCUT2D eigenvalue weighted by atomic mass is 10.0. The molecule has 1 aliphatic carbocycles. The van der Waals surface area contributed by atoms with Gasteiger partial charge in [-0.1, -0.05) is 5.21 Å². The van der Waals surface area contributed by atoms with Crippen molar-refractivity contribution in [3.8, 4) is 5.82 Å². The minimum atomic E-state index is -4.65. The molecule has 3 aromatic rings. The molecule has 34 heavy (non-hydrogen) atoms. The molecule has 1 aliphatic heterocycles. The first kappa shape index (κ1) is 22.2. The van der Waals surface area contributed by atoms with Gasteiger partial charge >= 0.3 is 6.18 Å². The van der Waals surface area contributed by atoms with E-state index in [4.69, 9.17) is 0 Å². The molecule has 2 fully saturated rings. The van der Waals surface area contributed by atoms with E-state index in [0.29, 0.717) is 44.0 Å². The second kappa shape index (κ2) is 8.61. The van der Waals surface area contributed by atoms with E-state index in [1.807, 2.05) is 4.90 Å². The molecule has 1 saturated carbocycles. The molecule has 0 N–H and O–H groups in total. The number of rotatable bonds is 5. The van der Waals surface area contributed by atoms with Gasteiger partial charge < -0.3 is 9.80 Å². The summed E-state index contributed by atoms with van der Waals surface area (Å²) in [7, 11) is 0. The van der Waals surface area contributed by atoms with Crippen LogP contribution in [0.4, 0.5) is 23.4 Å². The molecular weight excluding hydrogens is 456 g/mol. The Kier molecular flexibility index (Phi) is 5.62. The number of hydrogen-bond acceptors (Lipinski definition) is 7. The highest BCUT2D eigenvalue weighted by Gasteiger charge is 2.40. The van der Waals surface area contributed by atoms with Crippen LogP contribution in [0.5, 0.6) is 0 Å². The van der Waals surface area contributed by atoms with E-state index in [1.54, 1.807) is 11.1 Å². The molecule has 0 atom stereocenters. The van der Waals surface area contributed by atoms with Gasteiger partial charge in [0.05, 0.1) is 30.4 Å². The molecule has 0 spiro atoms. The molecule has 178 valence electrons. The molecule has 0 radical (unpaired) electrons. The fourth-order valence-corrected chi connectivity index (χ4v) is 4.17. The number of carbonyl (C=O) groups is 1. The molecule has 5 rings (SSSR count). The Morgan fingerprint density at radius 3 is 2.29 bits per heavy atom. The lowest BCUT2D eigenvalue weighted by Crippen LogP contribution is -2.49. The standard InChI is InChI=1S/C21H20F4N8O/c22-16-9-13(21(23,24)25)10-28-19(16)31-6-3-15(4-7-31)33(14-1-2-14)20(34)17-11-27-18(12-26-17)32-8-5-29-30-32/h5,8-12,14-15H,1-4,6-7H2. The maximum atomic E-state index is 14.3. The quantitative estimate of drug-likeness (QED) is 0.523. The van der Waals surface area contributed by atoms with Gasteiger partial charge in [-0.25, -0.2) is 24.0 Å². The Morgan fingerprint density at radius 2 is 1.74 bits per heavy atom. The Bertz CT molecular complexity index is 1160. The number of anilines is 1. The van der Waals surface area contributed by atoms with Crippen LogP contribution in [0, 0.1) is 5.82 Å². The van der Waals surface area contributed by atoms with Crippen LogP contribution in [0.2, 0.25) is 0 Å². The minimum Gasteiger partial charge on any atom is -0.354 e. The summed E-state index contributed by atoms with van der Waals surface area (Å²) in [6.45, 7) is 0.737. The molecule has 0 bridgehead atoms. The van der Waals surface area contributed by atoms with Crippen LogP contribution in [0.3, 0.4) is 0 Å². The number of nitrogens with zero attached hydrogens (tertiary/aromatic N) is 8. The summed E-state index contributed by atoms with van der Waals surface area (Å²) in [5.74, 6) is -0.903. The van der Waals surface area contributed by atoms with Gasteiger partial charge in [-0.2, -0.15) is 13.2 Å². The minimum absolute atomic E-state index is 0.0921. The van der Waals surface area contributed by atoms with Gasteiger partial charge in [-0.3, -0.25) is 4.79 Å². The van der Waals surface area contributed by atoms with Crippen molar-refractivity contribution in [2.24, 2.45) is 0 Å². The van der Waals surface area contributed by atoms with Gasteiger partial charge in [-0.05, 0) is 31.7 Å². The van der Waals surface area contributed by atoms with Crippen LogP contribution in [0.25, 0.3) is 5.82 Å². The summed E-state index contributed by atoms with van der Waals surface area (Å²) < 4.78 is 54.2. The molecule has 9 nitrogen and oxygen atoms in total. The highest BCUT2D eigenvalue weighted by Crippen LogP contribution is 2.35. The summed E-state index contributed by atoms with van der Waals surface area (Å²) in [6.07, 6.45) is 4.84. The van der Waals surface area contributed by atoms with E-state index in [0.717, 1.165) is 12.8 Å². The van der Waals surface area contributed by atoms with Crippen molar-refractivity contribution in [2.75, 3.05) is 18.0 Å². The molecular formula is C21H20F4N8O. The van der Waals surface area contributed by atoms with Gasteiger partial charge in [0.25, 0.3) is 5.91 Å². The zero-order chi connectivity index (χ0) is 23.9. The number of halogens is 4. The van der Waals surface area contributed by atoms with E-state index in [2.05, 4.69) is 25.3 Å². The summed E-state index contributed by atoms with van der Waals surface area (Å²) in [5, 5.41) is 7.55. The second-order valence-corrected chi connectivity index (χ2v) is 8.30.